The summed E-state index contributed by atoms with van der Waals surface area (Å²) in [6.07, 6.45) is 1.56. The van der Waals surface area contributed by atoms with Crippen molar-refractivity contribution in [2.24, 2.45) is 0 Å². The van der Waals surface area contributed by atoms with Gasteiger partial charge in [0, 0.05) is 0 Å². The fraction of sp³-hybridized carbons (Fsp3) is 0.222. The third-order valence-electron chi connectivity index (χ3n) is 3.67. The summed E-state index contributed by atoms with van der Waals surface area (Å²) in [4.78, 5) is 4.26. The van der Waals surface area contributed by atoms with Gasteiger partial charge in [0.1, 0.15) is 5.75 Å². The average molecular weight is 384 g/mol. The van der Waals surface area contributed by atoms with Crippen LogP contribution < -0.4 is 4.74 Å². The average Bonchev–Trinajstić information content (AvgIpc) is 3.41. The molecule has 0 amide bonds. The molecular weight excluding hydrogens is 368 g/mol. The maximum absolute atomic E-state index is 5.77. The maximum atomic E-state index is 5.77. The molecule has 0 spiro atoms. The van der Waals surface area contributed by atoms with Gasteiger partial charge in [0.2, 0.25) is 11.7 Å². The number of hydrogen-bond donors (Lipinski definition) is 0. The van der Waals surface area contributed by atoms with Crippen LogP contribution >= 0.6 is 11.8 Å². The Morgan fingerprint density at radius 2 is 2.04 bits per heavy atom. The Labute approximate surface area is 158 Å². The van der Waals surface area contributed by atoms with Crippen LogP contribution in [0.1, 0.15) is 22.9 Å². The minimum Gasteiger partial charge on any atom is -0.484 e. The minimum absolute atomic E-state index is 0.209. The fourth-order valence-corrected chi connectivity index (χ4v) is 2.92. The summed E-state index contributed by atoms with van der Waals surface area (Å²) in [6, 6.07) is 9.57. The van der Waals surface area contributed by atoms with E-state index in [1.807, 2.05) is 32.0 Å². The third-order valence-corrected chi connectivity index (χ3v) is 4.48. The minimum atomic E-state index is 0.209. The number of aromatic nitrogens is 4. The molecule has 0 aliphatic rings. The molecule has 0 atom stereocenters. The predicted molar refractivity (Wildman–Crippen MR) is 96.1 cm³/mol. The van der Waals surface area contributed by atoms with Crippen molar-refractivity contribution >= 4 is 11.8 Å². The molecule has 3 aromatic heterocycles. The molecule has 0 unspecified atom stereocenters. The standard InChI is InChI=1S/C18H16N4O4S/c1-11-5-6-12(2)14(8-11)24-9-15-20-21-18(25-15)27-10-16-19-17(22-26-16)13-4-3-7-23-13/h3-8H,9-10H2,1-2H3. The van der Waals surface area contributed by atoms with Gasteiger partial charge >= 0.3 is 0 Å². The van der Waals surface area contributed by atoms with E-state index in [1.165, 1.54) is 11.8 Å². The van der Waals surface area contributed by atoms with Crippen LogP contribution in [0.25, 0.3) is 11.6 Å². The molecule has 0 saturated heterocycles. The van der Waals surface area contributed by atoms with Crippen molar-refractivity contribution in [1.29, 1.82) is 0 Å². The summed E-state index contributed by atoms with van der Waals surface area (Å²) in [5.41, 5.74) is 2.18. The first-order valence-corrected chi connectivity index (χ1v) is 9.17. The highest BCUT2D eigenvalue weighted by atomic mass is 32.2. The third kappa shape index (κ3) is 4.20. The molecule has 0 radical (unpaired) electrons. The molecule has 9 heteroatoms. The van der Waals surface area contributed by atoms with E-state index >= 15 is 0 Å². The monoisotopic (exact) mass is 384 g/mol. The van der Waals surface area contributed by atoms with Gasteiger partial charge in [-0.1, -0.05) is 29.1 Å². The normalized spacial score (nSPS) is 11.0. The molecule has 1 aromatic carbocycles. The summed E-state index contributed by atoms with van der Waals surface area (Å²) in [5, 5.41) is 12.3. The highest BCUT2D eigenvalue weighted by molar-refractivity contribution is 7.98. The first-order chi connectivity index (χ1) is 13.2. The Balaban J connectivity index is 1.32. The Hall–Kier alpha value is -3.07. The van der Waals surface area contributed by atoms with E-state index in [9.17, 15) is 0 Å². The lowest BCUT2D eigenvalue weighted by Gasteiger charge is -2.07. The van der Waals surface area contributed by atoms with Gasteiger partial charge in [-0.2, -0.15) is 4.98 Å². The fourth-order valence-electron chi connectivity index (χ4n) is 2.30. The number of rotatable bonds is 7. The van der Waals surface area contributed by atoms with Crippen molar-refractivity contribution in [2.75, 3.05) is 0 Å². The van der Waals surface area contributed by atoms with E-state index in [-0.39, 0.29) is 6.61 Å². The van der Waals surface area contributed by atoms with Crippen LogP contribution in [0.15, 0.2) is 55.2 Å². The van der Waals surface area contributed by atoms with Crippen LogP contribution in [0.3, 0.4) is 0 Å². The van der Waals surface area contributed by atoms with Crippen LogP contribution in [0.4, 0.5) is 0 Å². The van der Waals surface area contributed by atoms with E-state index in [0.29, 0.717) is 34.3 Å². The number of hydrogen-bond acceptors (Lipinski definition) is 9. The molecule has 0 fully saturated rings. The molecule has 0 saturated carbocycles. The van der Waals surface area contributed by atoms with Gasteiger partial charge in [-0.3, -0.25) is 0 Å². The van der Waals surface area contributed by atoms with E-state index in [4.69, 9.17) is 18.1 Å². The van der Waals surface area contributed by atoms with Crippen LogP contribution in [-0.4, -0.2) is 20.3 Å². The number of thioether (sulfide) groups is 1. The van der Waals surface area contributed by atoms with Gasteiger partial charge in [0.15, 0.2) is 12.4 Å². The number of aryl methyl sites for hydroxylation is 2. The van der Waals surface area contributed by atoms with E-state index in [1.54, 1.807) is 18.4 Å². The van der Waals surface area contributed by atoms with Gasteiger partial charge in [0.05, 0.1) is 12.0 Å². The van der Waals surface area contributed by atoms with Gasteiger partial charge < -0.3 is 18.1 Å². The molecule has 4 rings (SSSR count). The van der Waals surface area contributed by atoms with Gasteiger partial charge in [-0.25, -0.2) is 0 Å². The number of nitrogens with zero attached hydrogens (tertiary/aromatic N) is 4. The lowest BCUT2D eigenvalue weighted by molar-refractivity contribution is 0.250. The molecule has 3 heterocycles. The van der Waals surface area contributed by atoms with Crippen LogP contribution in [-0.2, 0) is 12.4 Å². The van der Waals surface area contributed by atoms with Crippen LogP contribution in [0, 0.1) is 13.8 Å². The second-order valence-electron chi connectivity index (χ2n) is 5.80. The molecule has 0 aliphatic heterocycles. The Bertz CT molecular complexity index is 1030. The van der Waals surface area contributed by atoms with Crippen molar-refractivity contribution in [3.63, 3.8) is 0 Å². The summed E-state index contributed by atoms with van der Waals surface area (Å²) in [7, 11) is 0. The Morgan fingerprint density at radius 1 is 1.11 bits per heavy atom. The molecule has 0 N–H and O–H groups in total. The van der Waals surface area contributed by atoms with Crippen molar-refractivity contribution in [2.45, 2.75) is 31.4 Å². The molecule has 138 valence electrons. The Morgan fingerprint density at radius 3 is 2.89 bits per heavy atom. The molecule has 4 aromatic rings. The zero-order chi connectivity index (χ0) is 18.6. The maximum Gasteiger partial charge on any atom is 0.277 e. The molecule has 27 heavy (non-hydrogen) atoms. The molecule has 8 nitrogen and oxygen atoms in total. The molecular formula is C18H16N4O4S. The van der Waals surface area contributed by atoms with Gasteiger partial charge in [0.25, 0.3) is 11.1 Å². The van der Waals surface area contributed by atoms with Crippen LogP contribution in [0.5, 0.6) is 5.75 Å². The molecule has 0 aliphatic carbocycles. The quantitative estimate of drug-likeness (QED) is 0.434. The van der Waals surface area contributed by atoms with Crippen molar-refractivity contribution in [3.05, 3.63) is 59.5 Å². The van der Waals surface area contributed by atoms with Crippen molar-refractivity contribution in [3.8, 4) is 17.3 Å². The largest absolute Gasteiger partial charge is 0.484 e. The SMILES string of the molecule is Cc1ccc(C)c(OCc2nnc(SCc3nc(-c4ccco4)no3)o2)c1. The van der Waals surface area contributed by atoms with E-state index in [0.717, 1.165) is 16.9 Å². The zero-order valence-corrected chi connectivity index (χ0v) is 15.5. The van der Waals surface area contributed by atoms with E-state index in [2.05, 4.69) is 20.3 Å². The summed E-state index contributed by atoms with van der Waals surface area (Å²) in [5.74, 6) is 3.02. The first kappa shape index (κ1) is 17.3. The zero-order valence-electron chi connectivity index (χ0n) is 14.7. The van der Waals surface area contributed by atoms with Gasteiger partial charge in [-0.05, 0) is 43.2 Å². The highest BCUT2D eigenvalue weighted by Crippen LogP contribution is 2.24. The summed E-state index contributed by atoms with van der Waals surface area (Å²) < 4.78 is 21.8. The van der Waals surface area contributed by atoms with Gasteiger partial charge in [-0.15, -0.1) is 10.2 Å². The van der Waals surface area contributed by atoms with E-state index < -0.39 is 0 Å². The van der Waals surface area contributed by atoms with Crippen molar-refractivity contribution < 1.29 is 18.1 Å². The topological polar surface area (TPSA) is 100 Å². The Kier molecular flexibility index (Phi) is 4.93. The number of furan rings is 1. The second kappa shape index (κ2) is 7.67. The lowest BCUT2D eigenvalue weighted by atomic mass is 10.1. The predicted octanol–water partition coefficient (Wildman–Crippen LogP) is 4.20. The van der Waals surface area contributed by atoms with Crippen molar-refractivity contribution in [1.82, 2.24) is 20.3 Å². The summed E-state index contributed by atoms with van der Waals surface area (Å²) in [6.45, 7) is 4.22. The first-order valence-electron chi connectivity index (χ1n) is 8.19. The smallest absolute Gasteiger partial charge is 0.277 e. The lowest BCUT2D eigenvalue weighted by Crippen LogP contribution is -1.97. The number of benzene rings is 1. The number of ether oxygens (including phenoxy) is 1. The molecule has 0 bridgehead atoms. The van der Waals surface area contributed by atoms with Crippen LogP contribution in [0.2, 0.25) is 0 Å². The summed E-state index contributed by atoms with van der Waals surface area (Å²) >= 11 is 1.31. The second-order valence-corrected chi connectivity index (χ2v) is 6.72. The highest BCUT2D eigenvalue weighted by Gasteiger charge is 2.14.